The first-order valence-electron chi connectivity index (χ1n) is 4.11. The standard InChI is InChI=1S/C9H11NO5/c10-9(15)8(14)7(13)4-2-1-3-5(11)6(4)12/h1-3,7-8,11-14H,(H2,10,15). The van der Waals surface area contributed by atoms with Crippen LogP contribution in [0.4, 0.5) is 0 Å². The van der Waals surface area contributed by atoms with Gasteiger partial charge in [-0.2, -0.15) is 0 Å². The van der Waals surface area contributed by atoms with Crippen LogP contribution in [0.3, 0.4) is 0 Å². The fraction of sp³-hybridized carbons (Fsp3) is 0.222. The zero-order chi connectivity index (χ0) is 11.6. The van der Waals surface area contributed by atoms with Crippen molar-refractivity contribution in [1.29, 1.82) is 0 Å². The summed E-state index contributed by atoms with van der Waals surface area (Å²) in [5.41, 5.74) is 4.60. The second kappa shape index (κ2) is 4.16. The van der Waals surface area contributed by atoms with Gasteiger partial charge in [-0.25, -0.2) is 0 Å². The number of rotatable bonds is 3. The molecule has 15 heavy (non-hydrogen) atoms. The number of amides is 1. The summed E-state index contributed by atoms with van der Waals surface area (Å²) in [7, 11) is 0. The molecule has 0 bridgehead atoms. The average Bonchev–Trinajstić information content (AvgIpc) is 2.20. The summed E-state index contributed by atoms with van der Waals surface area (Å²) in [6.45, 7) is 0. The zero-order valence-corrected chi connectivity index (χ0v) is 7.66. The molecule has 0 saturated carbocycles. The SMILES string of the molecule is NC(=O)C(O)C(O)c1cccc(O)c1O. The number of benzene rings is 1. The Kier molecular flexibility index (Phi) is 3.13. The van der Waals surface area contributed by atoms with E-state index >= 15 is 0 Å². The van der Waals surface area contributed by atoms with Crippen LogP contribution in [-0.2, 0) is 4.79 Å². The van der Waals surface area contributed by atoms with Gasteiger partial charge in [-0.15, -0.1) is 0 Å². The van der Waals surface area contributed by atoms with Gasteiger partial charge in [0.2, 0.25) is 5.91 Å². The Morgan fingerprint density at radius 3 is 2.40 bits per heavy atom. The number of aliphatic hydroxyl groups is 2. The Labute approximate surface area is 85.2 Å². The zero-order valence-electron chi connectivity index (χ0n) is 7.66. The van der Waals surface area contributed by atoms with E-state index in [-0.39, 0.29) is 5.56 Å². The van der Waals surface area contributed by atoms with Gasteiger partial charge in [0.15, 0.2) is 17.6 Å². The van der Waals surface area contributed by atoms with Gasteiger partial charge >= 0.3 is 0 Å². The molecule has 0 heterocycles. The van der Waals surface area contributed by atoms with Crippen LogP contribution in [0.5, 0.6) is 11.5 Å². The lowest BCUT2D eigenvalue weighted by molar-refractivity contribution is -0.132. The number of phenols is 2. The molecule has 0 saturated heterocycles. The van der Waals surface area contributed by atoms with Gasteiger partial charge < -0.3 is 26.2 Å². The van der Waals surface area contributed by atoms with Crippen molar-refractivity contribution < 1.29 is 25.2 Å². The van der Waals surface area contributed by atoms with Gasteiger partial charge in [0, 0.05) is 5.56 Å². The molecule has 2 atom stereocenters. The van der Waals surface area contributed by atoms with Crippen molar-refractivity contribution in [2.24, 2.45) is 5.73 Å². The molecule has 1 rings (SSSR count). The Morgan fingerprint density at radius 2 is 1.87 bits per heavy atom. The van der Waals surface area contributed by atoms with Crippen LogP contribution in [0, 0.1) is 0 Å². The summed E-state index contributed by atoms with van der Waals surface area (Å²) in [4.78, 5) is 10.6. The second-order valence-electron chi connectivity index (χ2n) is 3.01. The van der Waals surface area contributed by atoms with E-state index in [1.807, 2.05) is 0 Å². The molecule has 1 aromatic carbocycles. The van der Waals surface area contributed by atoms with Crippen molar-refractivity contribution in [3.8, 4) is 11.5 Å². The van der Waals surface area contributed by atoms with Crippen LogP contribution in [-0.4, -0.2) is 32.4 Å². The van der Waals surface area contributed by atoms with Crippen molar-refractivity contribution in [1.82, 2.24) is 0 Å². The first kappa shape index (κ1) is 11.3. The minimum absolute atomic E-state index is 0.165. The highest BCUT2D eigenvalue weighted by Gasteiger charge is 2.26. The van der Waals surface area contributed by atoms with E-state index in [9.17, 15) is 15.0 Å². The van der Waals surface area contributed by atoms with E-state index in [1.54, 1.807) is 0 Å². The normalized spacial score (nSPS) is 14.5. The highest BCUT2D eigenvalue weighted by atomic mass is 16.3. The molecule has 82 valence electrons. The fourth-order valence-electron chi connectivity index (χ4n) is 1.11. The lowest BCUT2D eigenvalue weighted by Gasteiger charge is -2.16. The monoisotopic (exact) mass is 213 g/mol. The highest BCUT2D eigenvalue weighted by molar-refractivity contribution is 5.79. The largest absolute Gasteiger partial charge is 0.504 e. The lowest BCUT2D eigenvalue weighted by atomic mass is 10.0. The van der Waals surface area contributed by atoms with Gasteiger partial charge in [-0.3, -0.25) is 4.79 Å². The number of primary amides is 1. The first-order chi connectivity index (χ1) is 6.95. The Balaban J connectivity index is 3.06. The maximum Gasteiger partial charge on any atom is 0.249 e. The topological polar surface area (TPSA) is 124 Å². The van der Waals surface area contributed by atoms with Gasteiger partial charge in [-0.1, -0.05) is 12.1 Å². The van der Waals surface area contributed by atoms with E-state index in [1.165, 1.54) is 18.2 Å². The number of carbonyl (C=O) groups excluding carboxylic acids is 1. The molecule has 6 N–H and O–H groups in total. The van der Waals surface area contributed by atoms with E-state index in [2.05, 4.69) is 0 Å². The third-order valence-electron chi connectivity index (χ3n) is 1.96. The molecule has 1 amide bonds. The smallest absolute Gasteiger partial charge is 0.249 e. The predicted octanol–water partition coefficient (Wildman–Crippen LogP) is -1.02. The molecule has 0 aromatic heterocycles. The molecule has 0 radical (unpaired) electrons. The minimum atomic E-state index is -1.84. The number of para-hydroxylation sites is 1. The van der Waals surface area contributed by atoms with E-state index in [0.717, 1.165) is 0 Å². The fourth-order valence-corrected chi connectivity index (χ4v) is 1.11. The second-order valence-corrected chi connectivity index (χ2v) is 3.01. The van der Waals surface area contributed by atoms with E-state index < -0.39 is 29.6 Å². The molecule has 0 aliphatic heterocycles. The Morgan fingerprint density at radius 1 is 1.27 bits per heavy atom. The number of hydrogen-bond donors (Lipinski definition) is 5. The number of phenolic OH excluding ortho intramolecular Hbond substituents is 2. The molecule has 6 nitrogen and oxygen atoms in total. The lowest BCUT2D eigenvalue weighted by Crippen LogP contribution is -2.33. The predicted molar refractivity (Wildman–Crippen MR) is 49.9 cm³/mol. The summed E-state index contributed by atoms with van der Waals surface area (Å²) in [5.74, 6) is -2.17. The van der Waals surface area contributed by atoms with Crippen LogP contribution >= 0.6 is 0 Å². The van der Waals surface area contributed by atoms with Crippen LogP contribution in [0.2, 0.25) is 0 Å². The molecule has 2 unspecified atom stereocenters. The quantitative estimate of drug-likeness (QED) is 0.411. The van der Waals surface area contributed by atoms with Gasteiger partial charge in [0.05, 0.1) is 0 Å². The van der Waals surface area contributed by atoms with Crippen LogP contribution in [0.1, 0.15) is 11.7 Å². The first-order valence-corrected chi connectivity index (χ1v) is 4.11. The minimum Gasteiger partial charge on any atom is -0.504 e. The van der Waals surface area contributed by atoms with Crippen LogP contribution in [0.25, 0.3) is 0 Å². The molecule has 1 aromatic rings. The molecule has 0 aliphatic carbocycles. The van der Waals surface area contributed by atoms with Crippen molar-refractivity contribution in [3.63, 3.8) is 0 Å². The third-order valence-corrected chi connectivity index (χ3v) is 1.96. The number of aromatic hydroxyl groups is 2. The molecule has 0 fully saturated rings. The summed E-state index contributed by atoms with van der Waals surface area (Å²) < 4.78 is 0. The number of aliphatic hydroxyl groups excluding tert-OH is 2. The molecule has 0 spiro atoms. The van der Waals surface area contributed by atoms with E-state index in [4.69, 9.17) is 15.9 Å². The molecule has 0 aliphatic rings. The summed E-state index contributed by atoms with van der Waals surface area (Å²) in [5, 5.41) is 37.0. The number of nitrogens with two attached hydrogens (primary N) is 1. The summed E-state index contributed by atoms with van der Waals surface area (Å²) >= 11 is 0. The molecule has 6 heteroatoms. The van der Waals surface area contributed by atoms with Crippen molar-refractivity contribution in [2.75, 3.05) is 0 Å². The highest BCUT2D eigenvalue weighted by Crippen LogP contribution is 2.33. The van der Waals surface area contributed by atoms with Crippen LogP contribution in [0.15, 0.2) is 18.2 Å². The number of carbonyl (C=O) groups is 1. The summed E-state index contributed by atoms with van der Waals surface area (Å²) in [6, 6.07) is 3.80. The van der Waals surface area contributed by atoms with Crippen molar-refractivity contribution >= 4 is 5.91 Å². The van der Waals surface area contributed by atoms with Gasteiger partial charge in [-0.05, 0) is 6.07 Å². The van der Waals surface area contributed by atoms with Crippen LogP contribution < -0.4 is 5.73 Å². The van der Waals surface area contributed by atoms with Crippen molar-refractivity contribution in [3.05, 3.63) is 23.8 Å². The average molecular weight is 213 g/mol. The van der Waals surface area contributed by atoms with Crippen molar-refractivity contribution in [2.45, 2.75) is 12.2 Å². The Hall–Kier alpha value is -1.79. The van der Waals surface area contributed by atoms with Gasteiger partial charge in [0.25, 0.3) is 0 Å². The number of hydrogen-bond acceptors (Lipinski definition) is 5. The molecular formula is C9H11NO5. The summed E-state index contributed by atoms with van der Waals surface area (Å²) in [6.07, 6.45) is -3.51. The van der Waals surface area contributed by atoms with E-state index in [0.29, 0.717) is 0 Å². The van der Waals surface area contributed by atoms with Gasteiger partial charge in [0.1, 0.15) is 6.10 Å². The maximum absolute atomic E-state index is 10.6. The molecular weight excluding hydrogens is 202 g/mol. The third kappa shape index (κ3) is 2.17. The maximum atomic E-state index is 10.6. The Bertz CT molecular complexity index is 379.